The lowest BCUT2D eigenvalue weighted by Gasteiger charge is -2.37. The summed E-state index contributed by atoms with van der Waals surface area (Å²) in [6.45, 7) is 7.77. The van der Waals surface area contributed by atoms with Crippen LogP contribution in [0.15, 0.2) is 24.3 Å². The summed E-state index contributed by atoms with van der Waals surface area (Å²) in [4.78, 5) is 2.53. The van der Waals surface area contributed by atoms with Gasteiger partial charge in [-0.05, 0) is 31.0 Å². The molecule has 1 unspecified atom stereocenters. The standard InChI is InChI=1S/C13H20N2/c1-3-12-10-14-7-8-15(12)13-6-4-5-11(2)9-13/h4-6,9,12,14H,3,7-8,10H2,1-2H3. The van der Waals surface area contributed by atoms with Gasteiger partial charge in [0.2, 0.25) is 0 Å². The van der Waals surface area contributed by atoms with Gasteiger partial charge in [0, 0.05) is 31.4 Å². The van der Waals surface area contributed by atoms with E-state index in [4.69, 9.17) is 0 Å². The van der Waals surface area contributed by atoms with E-state index in [9.17, 15) is 0 Å². The quantitative estimate of drug-likeness (QED) is 0.794. The Balaban J connectivity index is 2.20. The summed E-state index contributed by atoms with van der Waals surface area (Å²) in [6, 6.07) is 9.47. The van der Waals surface area contributed by atoms with Crippen molar-refractivity contribution in [1.29, 1.82) is 0 Å². The predicted molar refractivity (Wildman–Crippen MR) is 65.5 cm³/mol. The molecule has 1 aliphatic heterocycles. The van der Waals surface area contributed by atoms with Gasteiger partial charge in [-0.3, -0.25) is 0 Å². The van der Waals surface area contributed by atoms with Gasteiger partial charge in [-0.2, -0.15) is 0 Å². The number of hydrogen-bond acceptors (Lipinski definition) is 2. The molecule has 1 saturated heterocycles. The van der Waals surface area contributed by atoms with Gasteiger partial charge >= 0.3 is 0 Å². The second-order valence-electron chi connectivity index (χ2n) is 4.30. The van der Waals surface area contributed by atoms with Crippen LogP contribution in [0.4, 0.5) is 5.69 Å². The summed E-state index contributed by atoms with van der Waals surface area (Å²) in [7, 11) is 0. The average Bonchev–Trinajstić information content (AvgIpc) is 2.29. The molecule has 2 rings (SSSR count). The number of nitrogens with one attached hydrogen (secondary N) is 1. The van der Waals surface area contributed by atoms with Crippen molar-refractivity contribution in [3.05, 3.63) is 29.8 Å². The number of benzene rings is 1. The van der Waals surface area contributed by atoms with Crippen molar-refractivity contribution in [1.82, 2.24) is 5.32 Å². The lowest BCUT2D eigenvalue weighted by atomic mass is 10.1. The maximum atomic E-state index is 3.46. The number of hydrogen-bond donors (Lipinski definition) is 1. The van der Waals surface area contributed by atoms with E-state index in [0.717, 1.165) is 19.6 Å². The SMILES string of the molecule is CCC1CNCCN1c1cccc(C)c1. The molecule has 1 heterocycles. The lowest BCUT2D eigenvalue weighted by Crippen LogP contribution is -2.51. The number of aryl methyl sites for hydroxylation is 1. The number of piperazine rings is 1. The van der Waals surface area contributed by atoms with E-state index in [1.165, 1.54) is 17.7 Å². The van der Waals surface area contributed by atoms with Gasteiger partial charge < -0.3 is 10.2 Å². The van der Waals surface area contributed by atoms with Crippen molar-refractivity contribution in [2.24, 2.45) is 0 Å². The fourth-order valence-electron chi connectivity index (χ4n) is 2.27. The fourth-order valence-corrected chi connectivity index (χ4v) is 2.27. The topological polar surface area (TPSA) is 15.3 Å². The maximum absolute atomic E-state index is 3.46. The Bertz CT molecular complexity index is 322. The molecule has 1 atom stereocenters. The Morgan fingerprint density at radius 1 is 1.47 bits per heavy atom. The van der Waals surface area contributed by atoms with Gasteiger partial charge in [0.15, 0.2) is 0 Å². The van der Waals surface area contributed by atoms with Crippen molar-refractivity contribution >= 4 is 5.69 Å². The summed E-state index contributed by atoms with van der Waals surface area (Å²) in [5, 5.41) is 3.46. The third-order valence-electron chi connectivity index (χ3n) is 3.15. The Kier molecular flexibility index (Phi) is 3.27. The molecule has 1 aromatic carbocycles. The van der Waals surface area contributed by atoms with Gasteiger partial charge in [0.25, 0.3) is 0 Å². The number of nitrogens with zero attached hydrogens (tertiary/aromatic N) is 1. The minimum atomic E-state index is 0.653. The van der Waals surface area contributed by atoms with E-state index in [1.807, 2.05) is 0 Å². The molecule has 0 saturated carbocycles. The molecule has 0 amide bonds. The van der Waals surface area contributed by atoms with E-state index in [2.05, 4.69) is 48.3 Å². The molecule has 0 spiro atoms. The van der Waals surface area contributed by atoms with Gasteiger partial charge in [-0.1, -0.05) is 19.1 Å². The second kappa shape index (κ2) is 4.67. The number of anilines is 1. The predicted octanol–water partition coefficient (Wildman–Crippen LogP) is 2.18. The monoisotopic (exact) mass is 204 g/mol. The van der Waals surface area contributed by atoms with Crippen LogP contribution in [0.1, 0.15) is 18.9 Å². The zero-order valence-electron chi connectivity index (χ0n) is 9.66. The number of rotatable bonds is 2. The molecule has 15 heavy (non-hydrogen) atoms. The fraction of sp³-hybridized carbons (Fsp3) is 0.538. The van der Waals surface area contributed by atoms with Gasteiger partial charge in [0.05, 0.1) is 0 Å². The van der Waals surface area contributed by atoms with Crippen LogP contribution < -0.4 is 10.2 Å². The molecule has 0 bridgehead atoms. The molecule has 82 valence electrons. The zero-order valence-corrected chi connectivity index (χ0v) is 9.66. The molecule has 0 aliphatic carbocycles. The minimum Gasteiger partial charge on any atom is -0.366 e. The van der Waals surface area contributed by atoms with Crippen molar-refractivity contribution in [3.8, 4) is 0 Å². The first kappa shape index (κ1) is 10.5. The Labute approximate surface area is 92.3 Å². The molecular weight excluding hydrogens is 184 g/mol. The van der Waals surface area contributed by atoms with Crippen molar-refractivity contribution in [2.75, 3.05) is 24.5 Å². The van der Waals surface area contributed by atoms with Crippen LogP contribution >= 0.6 is 0 Å². The van der Waals surface area contributed by atoms with E-state index in [-0.39, 0.29) is 0 Å². The summed E-state index contributed by atoms with van der Waals surface area (Å²) in [5.74, 6) is 0. The summed E-state index contributed by atoms with van der Waals surface area (Å²) in [5.41, 5.74) is 2.73. The van der Waals surface area contributed by atoms with Crippen LogP contribution in [0.5, 0.6) is 0 Å². The summed E-state index contributed by atoms with van der Waals surface area (Å²) < 4.78 is 0. The maximum Gasteiger partial charge on any atom is 0.0412 e. The van der Waals surface area contributed by atoms with Gasteiger partial charge in [-0.15, -0.1) is 0 Å². The second-order valence-corrected chi connectivity index (χ2v) is 4.30. The van der Waals surface area contributed by atoms with Crippen molar-refractivity contribution in [2.45, 2.75) is 26.3 Å². The molecule has 1 fully saturated rings. The van der Waals surface area contributed by atoms with Crippen molar-refractivity contribution < 1.29 is 0 Å². The molecule has 1 N–H and O–H groups in total. The third-order valence-corrected chi connectivity index (χ3v) is 3.15. The molecule has 1 aromatic rings. The molecule has 0 radical (unpaired) electrons. The van der Waals surface area contributed by atoms with Gasteiger partial charge in [-0.25, -0.2) is 0 Å². The Morgan fingerprint density at radius 3 is 3.07 bits per heavy atom. The highest BCUT2D eigenvalue weighted by molar-refractivity contribution is 5.49. The first-order valence-electron chi connectivity index (χ1n) is 5.85. The van der Waals surface area contributed by atoms with E-state index in [1.54, 1.807) is 0 Å². The van der Waals surface area contributed by atoms with Crippen LogP contribution in [0, 0.1) is 6.92 Å². The largest absolute Gasteiger partial charge is 0.366 e. The van der Waals surface area contributed by atoms with Crippen LogP contribution in [-0.4, -0.2) is 25.7 Å². The van der Waals surface area contributed by atoms with Crippen LogP contribution in [0.25, 0.3) is 0 Å². The highest BCUT2D eigenvalue weighted by atomic mass is 15.2. The zero-order chi connectivity index (χ0) is 10.7. The summed E-state index contributed by atoms with van der Waals surface area (Å²) >= 11 is 0. The Hall–Kier alpha value is -1.02. The normalized spacial score (nSPS) is 21.7. The lowest BCUT2D eigenvalue weighted by molar-refractivity contribution is 0.466. The highest BCUT2D eigenvalue weighted by Crippen LogP contribution is 2.20. The molecular formula is C13H20N2. The third kappa shape index (κ3) is 2.32. The Morgan fingerprint density at radius 2 is 2.33 bits per heavy atom. The first-order valence-corrected chi connectivity index (χ1v) is 5.85. The summed E-state index contributed by atoms with van der Waals surface area (Å²) in [6.07, 6.45) is 1.21. The van der Waals surface area contributed by atoms with E-state index in [0.29, 0.717) is 6.04 Å². The molecule has 1 aliphatic rings. The molecule has 2 heteroatoms. The van der Waals surface area contributed by atoms with E-state index >= 15 is 0 Å². The minimum absolute atomic E-state index is 0.653. The smallest absolute Gasteiger partial charge is 0.0412 e. The molecule has 0 aromatic heterocycles. The van der Waals surface area contributed by atoms with Crippen LogP contribution in [0.2, 0.25) is 0 Å². The van der Waals surface area contributed by atoms with Crippen LogP contribution in [0.3, 0.4) is 0 Å². The van der Waals surface area contributed by atoms with Crippen LogP contribution in [-0.2, 0) is 0 Å². The molecule has 2 nitrogen and oxygen atoms in total. The highest BCUT2D eigenvalue weighted by Gasteiger charge is 2.20. The first-order chi connectivity index (χ1) is 7.31. The van der Waals surface area contributed by atoms with Crippen molar-refractivity contribution in [3.63, 3.8) is 0 Å². The van der Waals surface area contributed by atoms with Gasteiger partial charge in [0.1, 0.15) is 0 Å². The van der Waals surface area contributed by atoms with E-state index < -0.39 is 0 Å². The average molecular weight is 204 g/mol.